The molecule has 1 heterocycles. The lowest BCUT2D eigenvalue weighted by Gasteiger charge is -2.16. The largest absolute Gasteiger partial charge is 0.390 e. The van der Waals surface area contributed by atoms with Gasteiger partial charge in [-0.1, -0.05) is 28.1 Å². The Morgan fingerprint density at radius 1 is 1.35 bits per heavy atom. The number of halogens is 1. The summed E-state index contributed by atoms with van der Waals surface area (Å²) in [7, 11) is -2.03. The van der Waals surface area contributed by atoms with Crippen molar-refractivity contribution in [3.63, 3.8) is 0 Å². The highest BCUT2D eigenvalue weighted by molar-refractivity contribution is 9.10. The summed E-state index contributed by atoms with van der Waals surface area (Å²) < 4.78 is 26.9. The first-order valence-corrected chi connectivity index (χ1v) is 8.15. The number of aliphatic hydroxyl groups excluding tert-OH is 1. The molecule has 0 aliphatic heterocycles. The third-order valence-corrected chi connectivity index (χ3v) is 5.16. The highest BCUT2D eigenvalue weighted by atomic mass is 79.9. The van der Waals surface area contributed by atoms with Gasteiger partial charge in [-0.15, -0.1) is 0 Å². The van der Waals surface area contributed by atoms with Crippen LogP contribution in [0.25, 0.3) is 0 Å². The molecule has 0 bridgehead atoms. The fourth-order valence-corrected chi connectivity index (χ4v) is 3.44. The molecular formula is C13H15BrN2O3S. The van der Waals surface area contributed by atoms with Crippen LogP contribution in [-0.2, 0) is 23.2 Å². The predicted molar refractivity (Wildman–Crippen MR) is 79.5 cm³/mol. The van der Waals surface area contributed by atoms with E-state index in [2.05, 4.69) is 20.9 Å². The quantitative estimate of drug-likeness (QED) is 0.859. The van der Waals surface area contributed by atoms with Gasteiger partial charge < -0.3 is 10.1 Å². The van der Waals surface area contributed by atoms with Crippen molar-refractivity contribution in [2.45, 2.75) is 18.0 Å². The molecule has 0 radical (unpaired) electrons. The molecule has 0 spiro atoms. The Morgan fingerprint density at radius 2 is 2.10 bits per heavy atom. The van der Waals surface area contributed by atoms with Gasteiger partial charge in [-0.05, 0) is 23.8 Å². The predicted octanol–water partition coefficient (Wildman–Crippen LogP) is 2.09. The molecule has 0 unspecified atom stereocenters. The molecule has 7 heteroatoms. The van der Waals surface area contributed by atoms with Crippen LogP contribution in [0.2, 0.25) is 0 Å². The maximum absolute atomic E-state index is 12.4. The van der Waals surface area contributed by atoms with Crippen LogP contribution in [0.4, 0.5) is 0 Å². The van der Waals surface area contributed by atoms with Crippen LogP contribution in [0.3, 0.4) is 0 Å². The number of aliphatic hydroxyl groups is 1. The van der Waals surface area contributed by atoms with E-state index in [9.17, 15) is 8.42 Å². The fourth-order valence-electron chi connectivity index (χ4n) is 1.82. The lowest BCUT2D eigenvalue weighted by atomic mass is 10.2. The Bertz CT molecular complexity index is 697. The maximum atomic E-state index is 12.4. The highest BCUT2D eigenvalue weighted by Crippen LogP contribution is 2.19. The number of nitrogens with one attached hydrogen (secondary N) is 1. The van der Waals surface area contributed by atoms with Gasteiger partial charge in [0.05, 0.1) is 11.5 Å². The van der Waals surface area contributed by atoms with Crippen molar-refractivity contribution in [1.29, 1.82) is 0 Å². The van der Waals surface area contributed by atoms with Crippen LogP contribution in [0.15, 0.2) is 45.9 Å². The van der Waals surface area contributed by atoms with Crippen molar-refractivity contribution in [3.05, 3.63) is 52.3 Å². The molecule has 0 saturated heterocycles. The van der Waals surface area contributed by atoms with E-state index in [-0.39, 0.29) is 18.0 Å². The van der Waals surface area contributed by atoms with Crippen molar-refractivity contribution >= 4 is 26.0 Å². The monoisotopic (exact) mass is 358 g/mol. The van der Waals surface area contributed by atoms with Gasteiger partial charge in [0.2, 0.25) is 10.0 Å². The molecule has 20 heavy (non-hydrogen) atoms. The second-order valence-electron chi connectivity index (χ2n) is 4.41. The number of hydrogen-bond acceptors (Lipinski definition) is 3. The number of rotatable bonds is 5. The molecule has 1 aromatic heterocycles. The minimum atomic E-state index is -3.56. The summed E-state index contributed by atoms with van der Waals surface area (Å²) in [5.74, 6) is 0. The van der Waals surface area contributed by atoms with Gasteiger partial charge in [-0.2, -0.15) is 4.31 Å². The van der Waals surface area contributed by atoms with Crippen molar-refractivity contribution in [2.24, 2.45) is 0 Å². The SMILES string of the molecule is CN(Cc1cccc(Br)c1)S(=O)(=O)c1c[nH]c(CO)c1. The van der Waals surface area contributed by atoms with E-state index >= 15 is 0 Å². The first kappa shape index (κ1) is 15.2. The molecule has 2 N–H and O–H groups in total. The zero-order valence-corrected chi connectivity index (χ0v) is 13.3. The number of H-pyrrole nitrogens is 1. The maximum Gasteiger partial charge on any atom is 0.244 e. The van der Waals surface area contributed by atoms with Gasteiger partial charge in [-0.3, -0.25) is 0 Å². The van der Waals surface area contributed by atoms with Crippen molar-refractivity contribution in [2.75, 3.05) is 7.05 Å². The van der Waals surface area contributed by atoms with E-state index in [4.69, 9.17) is 5.11 Å². The molecule has 2 aromatic rings. The zero-order chi connectivity index (χ0) is 14.8. The van der Waals surface area contributed by atoms with Gasteiger partial charge in [-0.25, -0.2) is 8.42 Å². The standard InChI is InChI=1S/C13H15BrN2O3S/c1-16(8-10-3-2-4-11(14)5-10)20(18,19)13-6-12(9-17)15-7-13/h2-7,15,17H,8-9H2,1H3. The van der Waals surface area contributed by atoms with E-state index in [0.29, 0.717) is 5.69 Å². The molecule has 0 amide bonds. The second kappa shape index (κ2) is 6.09. The van der Waals surface area contributed by atoms with Crippen LogP contribution in [-0.4, -0.2) is 29.9 Å². The molecule has 5 nitrogen and oxygen atoms in total. The van der Waals surface area contributed by atoms with Gasteiger partial charge in [0.1, 0.15) is 0 Å². The van der Waals surface area contributed by atoms with E-state index in [1.807, 2.05) is 24.3 Å². The highest BCUT2D eigenvalue weighted by Gasteiger charge is 2.22. The summed E-state index contributed by atoms with van der Waals surface area (Å²) in [4.78, 5) is 2.88. The van der Waals surface area contributed by atoms with Crippen LogP contribution >= 0.6 is 15.9 Å². The number of hydrogen-bond donors (Lipinski definition) is 2. The molecule has 108 valence electrons. The summed E-state index contributed by atoms with van der Waals surface area (Å²) in [6.45, 7) is 0.0618. The van der Waals surface area contributed by atoms with Crippen molar-refractivity contribution in [1.82, 2.24) is 9.29 Å². The smallest absolute Gasteiger partial charge is 0.244 e. The number of aromatic amines is 1. The van der Waals surface area contributed by atoms with Crippen LogP contribution in [0, 0.1) is 0 Å². The topological polar surface area (TPSA) is 73.4 Å². The normalized spacial score (nSPS) is 12.0. The van der Waals surface area contributed by atoms with Gasteiger partial charge in [0.25, 0.3) is 0 Å². The van der Waals surface area contributed by atoms with Crippen molar-refractivity contribution < 1.29 is 13.5 Å². The Morgan fingerprint density at radius 3 is 2.70 bits per heavy atom. The third kappa shape index (κ3) is 3.29. The third-order valence-electron chi connectivity index (χ3n) is 2.89. The summed E-state index contributed by atoms with van der Waals surface area (Å²) in [5.41, 5.74) is 1.36. The number of nitrogens with zero attached hydrogens (tertiary/aromatic N) is 1. The first-order chi connectivity index (χ1) is 9.43. The Kier molecular flexibility index (Phi) is 4.64. The van der Waals surface area contributed by atoms with Crippen LogP contribution in [0.5, 0.6) is 0 Å². The summed E-state index contributed by atoms with van der Waals surface area (Å²) in [6, 6.07) is 8.93. The Hall–Kier alpha value is -1.15. The summed E-state index contributed by atoms with van der Waals surface area (Å²) >= 11 is 3.36. The zero-order valence-electron chi connectivity index (χ0n) is 10.9. The molecule has 0 atom stereocenters. The average molecular weight is 359 g/mol. The molecule has 0 fully saturated rings. The lowest BCUT2D eigenvalue weighted by Crippen LogP contribution is -2.26. The summed E-state index contributed by atoms with van der Waals surface area (Å²) in [5, 5.41) is 8.98. The summed E-state index contributed by atoms with van der Waals surface area (Å²) in [6.07, 6.45) is 1.39. The molecule has 0 saturated carbocycles. The van der Waals surface area contributed by atoms with Crippen LogP contribution < -0.4 is 0 Å². The molecule has 0 aliphatic carbocycles. The fraction of sp³-hybridized carbons (Fsp3) is 0.231. The van der Waals surface area contributed by atoms with E-state index in [1.165, 1.54) is 23.6 Å². The molecule has 1 aromatic carbocycles. The van der Waals surface area contributed by atoms with Crippen LogP contribution in [0.1, 0.15) is 11.3 Å². The average Bonchev–Trinajstić information content (AvgIpc) is 2.88. The second-order valence-corrected chi connectivity index (χ2v) is 7.37. The lowest BCUT2D eigenvalue weighted by molar-refractivity contribution is 0.277. The van der Waals surface area contributed by atoms with E-state index < -0.39 is 10.0 Å². The number of aromatic nitrogens is 1. The minimum Gasteiger partial charge on any atom is -0.390 e. The van der Waals surface area contributed by atoms with Gasteiger partial charge >= 0.3 is 0 Å². The first-order valence-electron chi connectivity index (χ1n) is 5.92. The Labute approximate surface area is 126 Å². The molecular weight excluding hydrogens is 344 g/mol. The van der Waals surface area contributed by atoms with E-state index in [1.54, 1.807) is 0 Å². The van der Waals surface area contributed by atoms with Gasteiger partial charge in [0, 0.05) is 30.0 Å². The minimum absolute atomic E-state index is 0.152. The van der Waals surface area contributed by atoms with E-state index in [0.717, 1.165) is 10.0 Å². The number of sulfonamides is 1. The van der Waals surface area contributed by atoms with Gasteiger partial charge in [0.15, 0.2) is 0 Å². The Balaban J connectivity index is 2.21. The number of benzene rings is 1. The van der Waals surface area contributed by atoms with Crippen molar-refractivity contribution in [3.8, 4) is 0 Å². The molecule has 2 rings (SSSR count). The molecule has 0 aliphatic rings.